The lowest BCUT2D eigenvalue weighted by Crippen LogP contribution is -2.38. The molecule has 0 saturated carbocycles. The van der Waals surface area contributed by atoms with Gasteiger partial charge in [0.05, 0.1) is 12.7 Å². The van der Waals surface area contributed by atoms with Gasteiger partial charge in [0, 0.05) is 26.7 Å². The highest BCUT2D eigenvalue weighted by atomic mass is 16.5. The van der Waals surface area contributed by atoms with Gasteiger partial charge in [-0.2, -0.15) is 0 Å². The Morgan fingerprint density at radius 3 is 2.45 bits per heavy atom. The van der Waals surface area contributed by atoms with E-state index in [1.807, 2.05) is 12.1 Å². The molecule has 1 atom stereocenters. The SMILES string of the molecule is CCN(CC)CC(O)CNCc1ccccc1COC. The highest BCUT2D eigenvalue weighted by Gasteiger charge is 2.09. The summed E-state index contributed by atoms with van der Waals surface area (Å²) in [6, 6.07) is 8.22. The molecule has 0 aliphatic rings. The molecule has 0 spiro atoms. The van der Waals surface area contributed by atoms with E-state index in [-0.39, 0.29) is 6.10 Å². The second-order valence-corrected chi connectivity index (χ2v) is 4.97. The third-order valence-corrected chi connectivity index (χ3v) is 3.48. The molecule has 0 bridgehead atoms. The number of nitrogens with one attached hydrogen (secondary N) is 1. The molecule has 1 aromatic carbocycles. The topological polar surface area (TPSA) is 44.7 Å². The zero-order chi connectivity index (χ0) is 14.8. The van der Waals surface area contributed by atoms with Gasteiger partial charge in [0.1, 0.15) is 0 Å². The van der Waals surface area contributed by atoms with Crippen molar-refractivity contribution in [3.05, 3.63) is 35.4 Å². The van der Waals surface area contributed by atoms with Gasteiger partial charge >= 0.3 is 0 Å². The lowest BCUT2D eigenvalue weighted by molar-refractivity contribution is 0.116. The fourth-order valence-electron chi connectivity index (χ4n) is 2.24. The molecule has 1 aromatic rings. The molecule has 0 heterocycles. The molecule has 0 amide bonds. The smallest absolute Gasteiger partial charge is 0.0791 e. The number of benzene rings is 1. The molecule has 4 nitrogen and oxygen atoms in total. The fourth-order valence-corrected chi connectivity index (χ4v) is 2.24. The van der Waals surface area contributed by atoms with E-state index in [9.17, 15) is 5.11 Å². The van der Waals surface area contributed by atoms with E-state index < -0.39 is 0 Å². The molecule has 0 aromatic heterocycles. The predicted molar refractivity (Wildman–Crippen MR) is 82.7 cm³/mol. The summed E-state index contributed by atoms with van der Waals surface area (Å²) in [6.07, 6.45) is -0.329. The lowest BCUT2D eigenvalue weighted by atomic mass is 10.1. The highest BCUT2D eigenvalue weighted by molar-refractivity contribution is 5.26. The predicted octanol–water partition coefficient (Wildman–Crippen LogP) is 1.63. The van der Waals surface area contributed by atoms with Gasteiger partial charge in [0.15, 0.2) is 0 Å². The number of nitrogens with zero attached hydrogens (tertiary/aromatic N) is 1. The molecular formula is C16H28N2O2. The summed E-state index contributed by atoms with van der Waals surface area (Å²) in [5.41, 5.74) is 2.42. The summed E-state index contributed by atoms with van der Waals surface area (Å²) in [5.74, 6) is 0. The van der Waals surface area contributed by atoms with Crippen LogP contribution in [0.15, 0.2) is 24.3 Å². The maximum atomic E-state index is 10.0. The molecule has 4 heteroatoms. The normalized spacial score (nSPS) is 12.8. The molecule has 0 radical (unpaired) electrons. The molecule has 1 rings (SSSR count). The van der Waals surface area contributed by atoms with E-state index in [1.165, 1.54) is 11.1 Å². The van der Waals surface area contributed by atoms with Crippen molar-refractivity contribution in [2.75, 3.05) is 33.3 Å². The van der Waals surface area contributed by atoms with Crippen LogP contribution in [0.3, 0.4) is 0 Å². The van der Waals surface area contributed by atoms with Crippen molar-refractivity contribution in [1.82, 2.24) is 10.2 Å². The van der Waals surface area contributed by atoms with Crippen molar-refractivity contribution in [2.45, 2.75) is 33.1 Å². The second kappa shape index (κ2) is 9.88. The van der Waals surface area contributed by atoms with Gasteiger partial charge < -0.3 is 20.1 Å². The summed E-state index contributed by atoms with van der Waals surface area (Å²) in [6.45, 7) is 8.90. The molecule has 0 fully saturated rings. The van der Waals surface area contributed by atoms with E-state index in [0.29, 0.717) is 13.2 Å². The first kappa shape index (κ1) is 17.1. The molecule has 2 N–H and O–H groups in total. The first-order valence-corrected chi connectivity index (χ1v) is 7.38. The Kier molecular flexibility index (Phi) is 8.46. The first-order chi connectivity index (χ1) is 9.71. The molecule has 0 saturated heterocycles. The maximum absolute atomic E-state index is 10.0. The summed E-state index contributed by atoms with van der Waals surface area (Å²) in [4.78, 5) is 2.23. The van der Waals surface area contributed by atoms with Gasteiger partial charge in [-0.15, -0.1) is 0 Å². The zero-order valence-electron chi connectivity index (χ0n) is 12.9. The first-order valence-electron chi connectivity index (χ1n) is 7.38. The minimum absolute atomic E-state index is 0.329. The van der Waals surface area contributed by atoms with Crippen molar-refractivity contribution >= 4 is 0 Å². The van der Waals surface area contributed by atoms with Gasteiger partial charge in [0.25, 0.3) is 0 Å². The minimum Gasteiger partial charge on any atom is -0.390 e. The van der Waals surface area contributed by atoms with Gasteiger partial charge in [-0.05, 0) is 24.2 Å². The standard InChI is InChI=1S/C16H28N2O2/c1-4-18(5-2)12-16(19)11-17-10-14-8-6-7-9-15(14)13-20-3/h6-9,16-17,19H,4-5,10-13H2,1-3H3. The van der Waals surface area contributed by atoms with Crippen LogP contribution in [-0.2, 0) is 17.9 Å². The Balaban J connectivity index is 2.36. The van der Waals surface area contributed by atoms with Crippen molar-refractivity contribution in [3.8, 4) is 0 Å². The lowest BCUT2D eigenvalue weighted by Gasteiger charge is -2.22. The highest BCUT2D eigenvalue weighted by Crippen LogP contribution is 2.09. The number of likely N-dealkylation sites (N-methyl/N-ethyl adjacent to an activating group) is 1. The maximum Gasteiger partial charge on any atom is 0.0791 e. The Hall–Kier alpha value is -0.940. The Labute approximate surface area is 122 Å². The Morgan fingerprint density at radius 1 is 1.20 bits per heavy atom. The van der Waals surface area contributed by atoms with Crippen LogP contribution in [0.2, 0.25) is 0 Å². The molecule has 114 valence electrons. The van der Waals surface area contributed by atoms with E-state index in [2.05, 4.69) is 36.2 Å². The van der Waals surface area contributed by atoms with Crippen LogP contribution >= 0.6 is 0 Å². The minimum atomic E-state index is -0.329. The fraction of sp³-hybridized carbons (Fsp3) is 0.625. The molecule has 0 aliphatic heterocycles. The van der Waals surface area contributed by atoms with E-state index in [4.69, 9.17) is 4.74 Å². The monoisotopic (exact) mass is 280 g/mol. The van der Waals surface area contributed by atoms with Crippen molar-refractivity contribution in [2.24, 2.45) is 0 Å². The van der Waals surface area contributed by atoms with E-state index >= 15 is 0 Å². The Morgan fingerprint density at radius 2 is 1.85 bits per heavy atom. The molecular weight excluding hydrogens is 252 g/mol. The van der Waals surface area contributed by atoms with Crippen LogP contribution in [0, 0.1) is 0 Å². The summed E-state index contributed by atoms with van der Waals surface area (Å²) in [7, 11) is 1.71. The third kappa shape index (κ3) is 6.01. The van der Waals surface area contributed by atoms with Crippen molar-refractivity contribution < 1.29 is 9.84 Å². The number of ether oxygens (including phenoxy) is 1. The van der Waals surface area contributed by atoms with Gasteiger partial charge in [-0.3, -0.25) is 0 Å². The van der Waals surface area contributed by atoms with Crippen molar-refractivity contribution in [1.29, 1.82) is 0 Å². The summed E-state index contributed by atoms with van der Waals surface area (Å²) >= 11 is 0. The number of methoxy groups -OCH3 is 1. The largest absolute Gasteiger partial charge is 0.390 e. The van der Waals surface area contributed by atoms with Crippen molar-refractivity contribution in [3.63, 3.8) is 0 Å². The van der Waals surface area contributed by atoms with E-state index in [0.717, 1.165) is 26.2 Å². The Bertz CT molecular complexity index is 367. The quantitative estimate of drug-likeness (QED) is 0.684. The second-order valence-electron chi connectivity index (χ2n) is 4.97. The number of rotatable bonds is 10. The zero-order valence-corrected chi connectivity index (χ0v) is 12.9. The average Bonchev–Trinajstić information content (AvgIpc) is 2.47. The number of aliphatic hydroxyl groups excluding tert-OH is 1. The number of hydrogen-bond donors (Lipinski definition) is 2. The number of hydrogen-bond acceptors (Lipinski definition) is 4. The van der Waals surface area contributed by atoms with Gasteiger partial charge in [-0.25, -0.2) is 0 Å². The van der Waals surface area contributed by atoms with Gasteiger partial charge in [-0.1, -0.05) is 38.1 Å². The van der Waals surface area contributed by atoms with Crippen LogP contribution < -0.4 is 5.32 Å². The average molecular weight is 280 g/mol. The third-order valence-electron chi connectivity index (χ3n) is 3.48. The summed E-state index contributed by atoms with van der Waals surface area (Å²) in [5, 5.41) is 13.3. The van der Waals surface area contributed by atoms with Crippen LogP contribution in [0.1, 0.15) is 25.0 Å². The van der Waals surface area contributed by atoms with Gasteiger partial charge in [0.2, 0.25) is 0 Å². The molecule has 20 heavy (non-hydrogen) atoms. The number of aliphatic hydroxyl groups is 1. The molecule has 0 aliphatic carbocycles. The van der Waals surface area contributed by atoms with E-state index in [1.54, 1.807) is 7.11 Å². The van der Waals surface area contributed by atoms with Crippen LogP contribution in [-0.4, -0.2) is 49.4 Å². The van der Waals surface area contributed by atoms with Crippen LogP contribution in [0.4, 0.5) is 0 Å². The molecule has 1 unspecified atom stereocenters. The van der Waals surface area contributed by atoms with Crippen LogP contribution in [0.5, 0.6) is 0 Å². The summed E-state index contributed by atoms with van der Waals surface area (Å²) < 4.78 is 5.19. The van der Waals surface area contributed by atoms with Crippen LogP contribution in [0.25, 0.3) is 0 Å².